The van der Waals surface area contributed by atoms with E-state index in [-0.39, 0.29) is 0 Å². The number of fused-ring (bicyclic) bond motifs is 1. The molecule has 2 heterocycles. The third kappa shape index (κ3) is 2.68. The van der Waals surface area contributed by atoms with Crippen LogP contribution in [0.5, 0.6) is 0 Å². The molecule has 0 aliphatic heterocycles. The van der Waals surface area contributed by atoms with Crippen LogP contribution in [-0.4, -0.2) is 15.0 Å². The van der Waals surface area contributed by atoms with Gasteiger partial charge in [0, 0.05) is 28.3 Å². The second-order valence-electron chi connectivity index (χ2n) is 5.62. The molecule has 4 aromatic rings. The third-order valence-corrected chi connectivity index (χ3v) is 4.09. The molecule has 0 radical (unpaired) electrons. The zero-order valence-electron chi connectivity index (χ0n) is 13.3. The molecule has 4 nitrogen and oxygen atoms in total. The fraction of sp³-hybridized carbons (Fsp3) is 0. The molecule has 0 aliphatic rings. The molecule has 0 unspecified atom stereocenters. The molecular weight excluding hydrogens is 308 g/mol. The summed E-state index contributed by atoms with van der Waals surface area (Å²) in [5, 5.41) is 0.826. The van der Waals surface area contributed by atoms with Gasteiger partial charge in [-0.05, 0) is 35.9 Å². The van der Waals surface area contributed by atoms with Crippen molar-refractivity contribution >= 4 is 16.7 Å². The van der Waals surface area contributed by atoms with Crippen LogP contribution in [-0.2, 0) is 0 Å². The molecule has 25 heavy (non-hydrogen) atoms. The maximum atomic E-state index is 6.00. The Morgan fingerprint density at radius 3 is 2.68 bits per heavy atom. The van der Waals surface area contributed by atoms with Crippen molar-refractivity contribution in [1.29, 1.82) is 0 Å². The zero-order chi connectivity index (χ0) is 17.2. The quantitative estimate of drug-likeness (QED) is 0.568. The Bertz CT molecular complexity index is 1130. The first-order valence-electron chi connectivity index (χ1n) is 7.79. The Morgan fingerprint density at radius 1 is 0.880 bits per heavy atom. The second kappa shape index (κ2) is 6.06. The number of nitrogens with zero attached hydrogens (tertiary/aromatic N) is 3. The van der Waals surface area contributed by atoms with Crippen molar-refractivity contribution in [2.45, 2.75) is 0 Å². The molecule has 4 rings (SSSR count). The summed E-state index contributed by atoms with van der Waals surface area (Å²) in [5.74, 6) is 3.13. The summed E-state index contributed by atoms with van der Waals surface area (Å²) in [4.78, 5) is 12.9. The van der Waals surface area contributed by atoms with Gasteiger partial charge in [0.05, 0.1) is 11.2 Å². The number of rotatable bonds is 2. The lowest BCUT2D eigenvalue weighted by Gasteiger charge is -2.10. The monoisotopic (exact) mass is 322 g/mol. The topological polar surface area (TPSA) is 64.7 Å². The van der Waals surface area contributed by atoms with Crippen molar-refractivity contribution in [3.05, 3.63) is 72.7 Å². The molecule has 0 spiro atoms. The summed E-state index contributed by atoms with van der Waals surface area (Å²) in [6.45, 7) is 0. The van der Waals surface area contributed by atoms with Crippen LogP contribution >= 0.6 is 0 Å². The summed E-state index contributed by atoms with van der Waals surface area (Å²) in [7, 11) is 0. The van der Waals surface area contributed by atoms with Gasteiger partial charge in [-0.3, -0.25) is 4.98 Å². The van der Waals surface area contributed by atoms with E-state index in [2.05, 4.69) is 20.9 Å². The SMILES string of the molecule is C#Cc1cccc(-c2ncccc2-c2ccc3ncnc(N)c3c2)c1. The summed E-state index contributed by atoms with van der Waals surface area (Å²) in [6, 6.07) is 17.7. The van der Waals surface area contributed by atoms with E-state index in [0.29, 0.717) is 5.82 Å². The van der Waals surface area contributed by atoms with Gasteiger partial charge >= 0.3 is 0 Å². The van der Waals surface area contributed by atoms with Gasteiger partial charge in [0.1, 0.15) is 12.1 Å². The number of benzene rings is 2. The Morgan fingerprint density at radius 2 is 1.80 bits per heavy atom. The number of anilines is 1. The molecule has 2 N–H and O–H groups in total. The van der Waals surface area contributed by atoms with E-state index in [0.717, 1.165) is 38.9 Å². The van der Waals surface area contributed by atoms with Gasteiger partial charge in [0.15, 0.2) is 0 Å². The van der Waals surface area contributed by atoms with Gasteiger partial charge in [0.2, 0.25) is 0 Å². The van der Waals surface area contributed by atoms with Gasteiger partial charge in [-0.2, -0.15) is 0 Å². The van der Waals surface area contributed by atoms with Crippen molar-refractivity contribution < 1.29 is 0 Å². The maximum Gasteiger partial charge on any atom is 0.134 e. The van der Waals surface area contributed by atoms with Gasteiger partial charge in [-0.15, -0.1) is 6.42 Å². The predicted octanol–water partition coefficient (Wildman–Crippen LogP) is 3.92. The van der Waals surface area contributed by atoms with Crippen LogP contribution in [0.15, 0.2) is 67.1 Å². The van der Waals surface area contributed by atoms with E-state index in [4.69, 9.17) is 12.2 Å². The van der Waals surface area contributed by atoms with E-state index in [1.165, 1.54) is 6.33 Å². The Hall–Kier alpha value is -3.71. The first-order valence-corrected chi connectivity index (χ1v) is 7.79. The molecule has 0 saturated heterocycles. The van der Waals surface area contributed by atoms with Crippen LogP contribution in [0.3, 0.4) is 0 Å². The summed E-state index contributed by atoms with van der Waals surface area (Å²) in [6.07, 6.45) is 8.77. The van der Waals surface area contributed by atoms with Crippen molar-refractivity contribution in [1.82, 2.24) is 15.0 Å². The molecule has 4 heteroatoms. The van der Waals surface area contributed by atoms with Gasteiger partial charge in [-0.25, -0.2) is 9.97 Å². The number of nitrogen functional groups attached to an aromatic ring is 1. The minimum atomic E-state index is 0.464. The highest BCUT2D eigenvalue weighted by atomic mass is 14.9. The van der Waals surface area contributed by atoms with E-state index in [9.17, 15) is 0 Å². The van der Waals surface area contributed by atoms with Crippen LogP contribution in [0.2, 0.25) is 0 Å². The van der Waals surface area contributed by atoms with Crippen LogP contribution < -0.4 is 5.73 Å². The van der Waals surface area contributed by atoms with E-state index >= 15 is 0 Å². The molecule has 0 amide bonds. The van der Waals surface area contributed by atoms with E-state index in [1.54, 1.807) is 6.20 Å². The molecule has 118 valence electrons. The number of pyridine rings is 1. The summed E-state index contributed by atoms with van der Waals surface area (Å²) in [5.41, 5.74) is 11.5. The molecular formula is C21H14N4. The van der Waals surface area contributed by atoms with Gasteiger partial charge in [0.25, 0.3) is 0 Å². The highest BCUT2D eigenvalue weighted by molar-refractivity contribution is 5.93. The number of terminal acetylenes is 1. The molecule has 2 aromatic carbocycles. The smallest absolute Gasteiger partial charge is 0.134 e. The summed E-state index contributed by atoms with van der Waals surface area (Å²) >= 11 is 0. The van der Waals surface area contributed by atoms with Crippen molar-refractivity contribution in [2.24, 2.45) is 0 Å². The lowest BCUT2D eigenvalue weighted by Crippen LogP contribution is -1.94. The first kappa shape index (κ1) is 14.9. The largest absolute Gasteiger partial charge is 0.383 e. The Kier molecular flexibility index (Phi) is 3.60. The average molecular weight is 322 g/mol. The van der Waals surface area contributed by atoms with Crippen LogP contribution in [0, 0.1) is 12.3 Å². The number of nitrogens with two attached hydrogens (primary N) is 1. The first-order chi connectivity index (χ1) is 12.3. The maximum absolute atomic E-state index is 6.00. The lowest BCUT2D eigenvalue weighted by molar-refractivity contribution is 1.23. The number of hydrogen-bond acceptors (Lipinski definition) is 4. The number of hydrogen-bond donors (Lipinski definition) is 1. The molecule has 0 aliphatic carbocycles. The van der Waals surface area contributed by atoms with Gasteiger partial charge < -0.3 is 5.73 Å². The molecule has 0 atom stereocenters. The van der Waals surface area contributed by atoms with E-state index in [1.807, 2.05) is 54.6 Å². The fourth-order valence-electron chi connectivity index (χ4n) is 2.87. The zero-order valence-corrected chi connectivity index (χ0v) is 13.3. The normalized spacial score (nSPS) is 10.5. The Balaban J connectivity index is 1.92. The molecule has 0 bridgehead atoms. The van der Waals surface area contributed by atoms with Crippen LogP contribution in [0.1, 0.15) is 5.56 Å². The molecule has 0 fully saturated rings. The van der Waals surface area contributed by atoms with Crippen molar-refractivity contribution in [3.8, 4) is 34.7 Å². The van der Waals surface area contributed by atoms with Crippen LogP contribution in [0.4, 0.5) is 5.82 Å². The second-order valence-corrected chi connectivity index (χ2v) is 5.62. The van der Waals surface area contributed by atoms with Gasteiger partial charge in [-0.1, -0.05) is 30.2 Å². The highest BCUT2D eigenvalue weighted by Gasteiger charge is 2.10. The standard InChI is InChI=1S/C21H14N4/c1-2-14-5-3-6-16(11-14)20-17(7-4-10-23-20)15-8-9-19-18(12-15)21(22)25-13-24-19/h1,3-13H,(H2,22,24,25). The van der Waals surface area contributed by atoms with Crippen molar-refractivity contribution in [3.63, 3.8) is 0 Å². The van der Waals surface area contributed by atoms with Crippen LogP contribution in [0.25, 0.3) is 33.3 Å². The lowest BCUT2D eigenvalue weighted by atomic mass is 9.97. The molecule has 0 saturated carbocycles. The number of aromatic nitrogens is 3. The predicted molar refractivity (Wildman–Crippen MR) is 101 cm³/mol. The highest BCUT2D eigenvalue weighted by Crippen LogP contribution is 2.32. The Labute approximate surface area is 145 Å². The van der Waals surface area contributed by atoms with Crippen molar-refractivity contribution in [2.75, 3.05) is 5.73 Å². The third-order valence-electron chi connectivity index (χ3n) is 4.09. The molecule has 2 aromatic heterocycles. The van der Waals surface area contributed by atoms with E-state index < -0.39 is 0 Å². The fourth-order valence-corrected chi connectivity index (χ4v) is 2.87. The summed E-state index contributed by atoms with van der Waals surface area (Å²) < 4.78 is 0. The minimum absolute atomic E-state index is 0.464. The minimum Gasteiger partial charge on any atom is -0.383 e. The average Bonchev–Trinajstić information content (AvgIpc) is 2.68.